The van der Waals surface area contributed by atoms with Crippen LogP contribution in [0.2, 0.25) is 0 Å². The van der Waals surface area contributed by atoms with Gasteiger partial charge in [-0.15, -0.1) is 5.10 Å². The van der Waals surface area contributed by atoms with E-state index in [0.29, 0.717) is 12.2 Å². The Kier molecular flexibility index (Phi) is 5.40. The highest BCUT2D eigenvalue weighted by molar-refractivity contribution is 7.71. The Balaban J connectivity index is 1.40. The summed E-state index contributed by atoms with van der Waals surface area (Å²) >= 11 is 5.28. The third-order valence-corrected chi connectivity index (χ3v) is 5.29. The van der Waals surface area contributed by atoms with Crippen LogP contribution in [-0.4, -0.2) is 43.1 Å². The smallest absolute Gasteiger partial charge is 0.292 e. The molecular weight excluding hydrogens is 379 g/mol. The van der Waals surface area contributed by atoms with E-state index in [1.165, 1.54) is 16.7 Å². The molecule has 0 radical (unpaired) electrons. The topological polar surface area (TPSA) is 47.9 Å². The number of halogens is 1. The second-order valence-electron chi connectivity index (χ2n) is 6.75. The van der Waals surface area contributed by atoms with Gasteiger partial charge in [0.25, 0.3) is 4.84 Å². The molecule has 28 heavy (non-hydrogen) atoms. The minimum atomic E-state index is -0.369. The van der Waals surface area contributed by atoms with E-state index in [0.717, 1.165) is 31.9 Å². The molecule has 6 nitrogen and oxygen atoms in total. The Morgan fingerprint density at radius 2 is 1.86 bits per heavy atom. The maximum atomic E-state index is 14.0. The van der Waals surface area contributed by atoms with E-state index < -0.39 is 0 Å². The largest absolute Gasteiger partial charge is 0.497 e. The molecule has 1 aliphatic heterocycles. The van der Waals surface area contributed by atoms with Crippen LogP contribution in [0.15, 0.2) is 52.9 Å². The lowest BCUT2D eigenvalue weighted by Crippen LogP contribution is -3.14. The number of nitrogens with zero attached hydrogens (tertiary/aromatic N) is 3. The molecule has 1 aromatic heterocycles. The zero-order valence-corrected chi connectivity index (χ0v) is 16.4. The number of hydrogen-bond acceptors (Lipinski definition) is 5. The summed E-state index contributed by atoms with van der Waals surface area (Å²) in [6, 6.07) is 14.5. The van der Waals surface area contributed by atoms with Crippen LogP contribution in [-0.2, 0) is 6.67 Å². The number of aromatic nitrogens is 2. The molecule has 0 amide bonds. The van der Waals surface area contributed by atoms with Gasteiger partial charge in [0.15, 0.2) is 6.67 Å². The SMILES string of the molecule is COc1ccc(N2CC[NH+](Cn3nc(-c4ccccc4F)oc3=S)CC2)cc1. The maximum absolute atomic E-state index is 14.0. The Bertz CT molecular complexity index is 994. The number of piperazine rings is 1. The summed E-state index contributed by atoms with van der Waals surface area (Å²) in [6.45, 7) is 4.39. The minimum absolute atomic E-state index is 0.222. The van der Waals surface area contributed by atoms with Crippen LogP contribution in [0.4, 0.5) is 10.1 Å². The molecule has 2 heterocycles. The highest BCUT2D eigenvalue weighted by Gasteiger charge is 2.22. The molecule has 3 aromatic rings. The first kappa shape index (κ1) is 18.6. The quantitative estimate of drug-likeness (QED) is 0.666. The van der Waals surface area contributed by atoms with Crippen LogP contribution < -0.4 is 14.5 Å². The van der Waals surface area contributed by atoms with Gasteiger partial charge in [-0.2, -0.15) is 4.68 Å². The van der Waals surface area contributed by atoms with E-state index in [2.05, 4.69) is 22.1 Å². The van der Waals surface area contributed by atoms with Crippen LogP contribution in [0.5, 0.6) is 5.75 Å². The number of nitrogens with one attached hydrogen (secondary N) is 1. The number of ether oxygens (including phenoxy) is 1. The lowest BCUT2D eigenvalue weighted by molar-refractivity contribution is -0.924. The van der Waals surface area contributed by atoms with E-state index in [1.54, 1.807) is 30.0 Å². The molecule has 0 spiro atoms. The summed E-state index contributed by atoms with van der Waals surface area (Å²) in [5.41, 5.74) is 1.52. The van der Waals surface area contributed by atoms with Crippen molar-refractivity contribution in [2.75, 3.05) is 38.2 Å². The number of methoxy groups -OCH3 is 1. The monoisotopic (exact) mass is 401 g/mol. The fourth-order valence-electron chi connectivity index (χ4n) is 3.39. The molecule has 0 unspecified atom stereocenters. The Morgan fingerprint density at radius 3 is 2.54 bits per heavy atom. The zero-order chi connectivity index (χ0) is 19.5. The van der Waals surface area contributed by atoms with Gasteiger partial charge in [-0.1, -0.05) is 12.1 Å². The molecule has 1 fully saturated rings. The molecule has 1 aliphatic rings. The lowest BCUT2D eigenvalue weighted by Gasteiger charge is -2.33. The highest BCUT2D eigenvalue weighted by Crippen LogP contribution is 2.21. The molecule has 1 saturated heterocycles. The zero-order valence-electron chi connectivity index (χ0n) is 15.6. The molecule has 0 saturated carbocycles. The van der Waals surface area contributed by atoms with Gasteiger partial charge in [-0.05, 0) is 48.6 Å². The average molecular weight is 401 g/mol. The van der Waals surface area contributed by atoms with Crippen molar-refractivity contribution in [3.05, 3.63) is 59.2 Å². The Morgan fingerprint density at radius 1 is 1.14 bits per heavy atom. The highest BCUT2D eigenvalue weighted by atomic mass is 32.1. The first-order chi connectivity index (χ1) is 13.6. The molecule has 4 rings (SSSR count). The van der Waals surface area contributed by atoms with E-state index in [-0.39, 0.29) is 16.5 Å². The van der Waals surface area contributed by atoms with Crippen LogP contribution in [0, 0.1) is 10.7 Å². The Hall–Kier alpha value is -2.71. The van der Waals surface area contributed by atoms with Crippen molar-refractivity contribution in [3.63, 3.8) is 0 Å². The van der Waals surface area contributed by atoms with Gasteiger partial charge in [0, 0.05) is 5.69 Å². The van der Waals surface area contributed by atoms with E-state index in [1.807, 2.05) is 12.1 Å². The number of anilines is 1. The molecule has 2 aromatic carbocycles. The van der Waals surface area contributed by atoms with Crippen molar-refractivity contribution < 1.29 is 18.4 Å². The lowest BCUT2D eigenvalue weighted by atomic mass is 10.2. The fraction of sp³-hybridized carbons (Fsp3) is 0.300. The van der Waals surface area contributed by atoms with Crippen LogP contribution in [0.1, 0.15) is 0 Å². The summed E-state index contributed by atoms with van der Waals surface area (Å²) in [6.07, 6.45) is 0. The molecule has 8 heteroatoms. The normalized spacial score (nSPS) is 15.0. The van der Waals surface area contributed by atoms with E-state index in [9.17, 15) is 4.39 Å². The van der Waals surface area contributed by atoms with E-state index >= 15 is 0 Å². The minimum Gasteiger partial charge on any atom is -0.497 e. The maximum Gasteiger partial charge on any atom is 0.292 e. The number of rotatable bonds is 5. The molecular formula is C20H22FN4O2S+. The van der Waals surface area contributed by atoms with Gasteiger partial charge in [0.1, 0.15) is 11.6 Å². The molecule has 0 aliphatic carbocycles. The van der Waals surface area contributed by atoms with Crippen molar-refractivity contribution in [2.45, 2.75) is 6.67 Å². The van der Waals surface area contributed by atoms with Crippen LogP contribution in [0.25, 0.3) is 11.5 Å². The van der Waals surface area contributed by atoms with Gasteiger partial charge < -0.3 is 19.0 Å². The van der Waals surface area contributed by atoms with Crippen molar-refractivity contribution in [3.8, 4) is 17.2 Å². The summed E-state index contributed by atoms with van der Waals surface area (Å²) in [5, 5.41) is 4.39. The standard InChI is InChI=1S/C20H21FN4O2S/c1-26-16-8-6-15(7-9-16)24-12-10-23(11-13-24)14-25-20(28)27-19(22-25)17-4-2-3-5-18(17)21/h2-9H,10-14H2,1H3/p+1. The number of quaternary nitrogens is 1. The second-order valence-corrected chi connectivity index (χ2v) is 7.09. The number of hydrogen-bond donors (Lipinski definition) is 1. The molecule has 1 N–H and O–H groups in total. The second kappa shape index (κ2) is 8.12. The van der Waals surface area contributed by atoms with Crippen molar-refractivity contribution in [1.82, 2.24) is 9.78 Å². The number of benzene rings is 2. The van der Waals surface area contributed by atoms with E-state index in [4.69, 9.17) is 21.4 Å². The predicted molar refractivity (Wildman–Crippen MR) is 107 cm³/mol. The third-order valence-electron chi connectivity index (χ3n) is 4.99. The van der Waals surface area contributed by atoms with Crippen molar-refractivity contribution in [2.24, 2.45) is 0 Å². The summed E-state index contributed by atoms with van der Waals surface area (Å²) in [7, 11) is 1.67. The van der Waals surface area contributed by atoms with Crippen LogP contribution in [0.3, 0.4) is 0 Å². The first-order valence-corrected chi connectivity index (χ1v) is 9.60. The summed E-state index contributed by atoms with van der Waals surface area (Å²) in [5.74, 6) is 0.713. The predicted octanol–water partition coefficient (Wildman–Crippen LogP) is 2.38. The van der Waals surface area contributed by atoms with Gasteiger partial charge in [0.2, 0.25) is 5.89 Å². The first-order valence-electron chi connectivity index (χ1n) is 9.19. The molecule has 0 bridgehead atoms. The Labute approximate surface area is 167 Å². The third kappa shape index (κ3) is 3.93. The fourth-order valence-corrected chi connectivity index (χ4v) is 3.58. The van der Waals surface area contributed by atoms with Gasteiger partial charge in [-0.25, -0.2) is 4.39 Å². The summed E-state index contributed by atoms with van der Waals surface area (Å²) < 4.78 is 26.4. The van der Waals surface area contributed by atoms with Crippen molar-refractivity contribution in [1.29, 1.82) is 0 Å². The average Bonchev–Trinajstić information content (AvgIpc) is 3.09. The molecule has 0 atom stereocenters. The van der Waals surface area contributed by atoms with Gasteiger partial charge in [0.05, 0.1) is 38.9 Å². The van der Waals surface area contributed by atoms with Gasteiger partial charge in [-0.3, -0.25) is 0 Å². The van der Waals surface area contributed by atoms with Crippen molar-refractivity contribution >= 4 is 17.9 Å². The van der Waals surface area contributed by atoms with Crippen LogP contribution >= 0.6 is 12.2 Å². The van der Waals surface area contributed by atoms with Gasteiger partial charge >= 0.3 is 0 Å². The summed E-state index contributed by atoms with van der Waals surface area (Å²) in [4.78, 5) is 3.98. The molecule has 146 valence electrons.